The highest BCUT2D eigenvalue weighted by molar-refractivity contribution is 6.14. The van der Waals surface area contributed by atoms with Gasteiger partial charge in [0.25, 0.3) is 0 Å². The third-order valence-corrected chi connectivity index (χ3v) is 9.14. The summed E-state index contributed by atoms with van der Waals surface area (Å²) < 4.78 is 10.8. The fourth-order valence-corrected chi connectivity index (χ4v) is 6.09. The van der Waals surface area contributed by atoms with Crippen molar-refractivity contribution in [1.82, 2.24) is 4.84 Å². The lowest BCUT2D eigenvalue weighted by Gasteiger charge is -2.19. The number of carboxylic acids is 1. The van der Waals surface area contributed by atoms with E-state index in [4.69, 9.17) is 26.4 Å². The Hall–Kier alpha value is -4.79. The molecule has 56 heavy (non-hydrogen) atoms. The molecule has 2 N–H and O–H groups in total. The largest absolute Gasteiger partial charge is 0.481 e. The minimum absolute atomic E-state index is 0.0369. The summed E-state index contributed by atoms with van der Waals surface area (Å²) in [6.07, 6.45) is 2.87. The number of halogens is 1. The Morgan fingerprint density at radius 2 is 0.929 bits per heavy atom. The number of hydrogen-bond acceptors (Lipinski definition) is 7. The highest BCUT2D eigenvalue weighted by Crippen LogP contribution is 2.21. The summed E-state index contributed by atoms with van der Waals surface area (Å²) >= 11 is 5.64. The predicted molar refractivity (Wildman–Crippen MR) is 224 cm³/mol. The van der Waals surface area contributed by atoms with E-state index in [-0.39, 0.29) is 49.2 Å². The van der Waals surface area contributed by atoms with E-state index in [1.165, 1.54) is 0 Å². The van der Waals surface area contributed by atoms with Crippen LogP contribution in [0.1, 0.15) is 83.1 Å². The molecule has 0 radical (unpaired) electrons. The van der Waals surface area contributed by atoms with Crippen LogP contribution in [0.4, 0.5) is 0 Å². The molecule has 4 aromatic carbocycles. The van der Waals surface area contributed by atoms with Crippen LogP contribution >= 0.6 is 11.8 Å². The molecule has 4 aromatic rings. The van der Waals surface area contributed by atoms with Crippen molar-refractivity contribution in [2.24, 2.45) is 29.6 Å². The molecule has 9 heteroatoms. The molecule has 0 amide bonds. The Balaban J connectivity index is 0.000000327. The molecule has 0 spiro atoms. The van der Waals surface area contributed by atoms with E-state index >= 15 is 0 Å². The molecule has 0 aliphatic heterocycles. The van der Waals surface area contributed by atoms with Crippen LogP contribution in [0, 0.1) is 29.6 Å². The fraction of sp³-hybridized carbons (Fsp3) is 0.404. The lowest BCUT2D eigenvalue weighted by Crippen LogP contribution is -2.34. The number of aliphatic carboxylic acids is 1. The summed E-state index contributed by atoms with van der Waals surface area (Å²) in [5, 5.41) is 8.43. The van der Waals surface area contributed by atoms with Crippen molar-refractivity contribution in [1.29, 1.82) is 0 Å². The van der Waals surface area contributed by atoms with Crippen molar-refractivity contribution < 1.29 is 33.8 Å². The Kier molecular flexibility index (Phi) is 22.8. The quantitative estimate of drug-likeness (QED) is 0.0713. The first-order valence-electron chi connectivity index (χ1n) is 19.4. The average molecular weight is 786 g/mol. The molecule has 0 heterocycles. The molecule has 4 rings (SSSR count). The van der Waals surface area contributed by atoms with Gasteiger partial charge in [0.1, 0.15) is 25.0 Å². The van der Waals surface area contributed by atoms with Crippen molar-refractivity contribution in [3.8, 4) is 0 Å². The summed E-state index contributed by atoms with van der Waals surface area (Å²) in [6.45, 7) is 12.5. The second kappa shape index (κ2) is 26.9. The van der Waals surface area contributed by atoms with Gasteiger partial charge in [-0.3, -0.25) is 19.2 Å². The zero-order valence-electron chi connectivity index (χ0n) is 33.7. The number of hydrogen-bond donors (Lipinski definition) is 2. The van der Waals surface area contributed by atoms with Crippen LogP contribution in [0.3, 0.4) is 0 Å². The number of esters is 2. The van der Waals surface area contributed by atoms with Gasteiger partial charge >= 0.3 is 17.9 Å². The lowest BCUT2D eigenvalue weighted by atomic mass is 9.87. The SMILES string of the molecule is CC(C)C[C@H](C)C(=O)C[C@@H](Cc1ccccc1)C(=O)OCc1ccccc1.CC(C)C[C@H](C)C(=O)O.O=C(OCc1ccccc1)[C@H](Cc1ccccc1)NCl. The third kappa shape index (κ3) is 20.2. The first-order valence-corrected chi connectivity index (χ1v) is 19.8. The van der Waals surface area contributed by atoms with Crippen LogP contribution in [0.2, 0.25) is 0 Å². The van der Waals surface area contributed by atoms with E-state index in [2.05, 4.69) is 18.7 Å². The summed E-state index contributed by atoms with van der Waals surface area (Å²) in [6, 6.07) is 38.1. The van der Waals surface area contributed by atoms with Crippen molar-refractivity contribution in [2.75, 3.05) is 0 Å². The Morgan fingerprint density at radius 3 is 1.30 bits per heavy atom. The van der Waals surface area contributed by atoms with Crippen LogP contribution in [-0.2, 0) is 54.7 Å². The molecule has 0 aliphatic rings. The lowest BCUT2D eigenvalue weighted by molar-refractivity contribution is -0.151. The summed E-state index contributed by atoms with van der Waals surface area (Å²) in [7, 11) is 0. The molecule has 0 aliphatic carbocycles. The minimum atomic E-state index is -0.691. The van der Waals surface area contributed by atoms with Gasteiger partial charge in [0.15, 0.2) is 0 Å². The number of nitrogens with one attached hydrogen (secondary N) is 1. The number of carbonyl (C=O) groups excluding carboxylic acids is 3. The van der Waals surface area contributed by atoms with Crippen molar-refractivity contribution in [3.05, 3.63) is 144 Å². The van der Waals surface area contributed by atoms with E-state index in [0.29, 0.717) is 24.7 Å². The summed E-state index contributed by atoms with van der Waals surface area (Å²) in [4.78, 5) is 50.1. The van der Waals surface area contributed by atoms with Gasteiger partial charge in [0, 0.05) is 12.3 Å². The van der Waals surface area contributed by atoms with Gasteiger partial charge in [-0.15, -0.1) is 0 Å². The first-order chi connectivity index (χ1) is 26.8. The molecule has 0 saturated heterocycles. The number of ketones is 1. The van der Waals surface area contributed by atoms with Crippen LogP contribution in [0.15, 0.2) is 121 Å². The number of carbonyl (C=O) groups is 4. The van der Waals surface area contributed by atoms with E-state index in [9.17, 15) is 19.2 Å². The standard InChI is InChI=1S/C24H30O3.C16H16ClNO2.C7H14O2/c1-18(2)14-19(3)23(25)16-22(15-20-10-6-4-7-11-20)24(26)27-17-21-12-8-5-9-13-21;17-18-15(11-13-7-3-1-4-8-13)16(19)20-12-14-9-5-2-6-10-14;1-5(2)4-6(3)7(8)9/h4-13,18-19,22H,14-17H2,1-3H3;1-10,15,18H,11-12H2;5-6H,4H2,1-3H3,(H,8,9)/t19-,22+;15-;6-/m000/s1. The van der Waals surface area contributed by atoms with Crippen LogP contribution in [-0.4, -0.2) is 34.8 Å². The zero-order chi connectivity index (χ0) is 41.3. The van der Waals surface area contributed by atoms with Gasteiger partial charge in [-0.25, -0.2) is 4.84 Å². The zero-order valence-corrected chi connectivity index (χ0v) is 34.5. The van der Waals surface area contributed by atoms with Gasteiger partial charge in [-0.05, 0) is 71.5 Å². The number of rotatable bonds is 19. The summed E-state index contributed by atoms with van der Waals surface area (Å²) in [5.41, 5.74) is 3.98. The maximum Gasteiger partial charge on any atom is 0.325 e. The van der Waals surface area contributed by atoms with Gasteiger partial charge < -0.3 is 14.6 Å². The van der Waals surface area contributed by atoms with Gasteiger partial charge in [-0.1, -0.05) is 163 Å². The van der Waals surface area contributed by atoms with E-state index in [0.717, 1.165) is 35.1 Å². The summed E-state index contributed by atoms with van der Waals surface area (Å²) in [5.74, 6) is -0.934. The smallest absolute Gasteiger partial charge is 0.325 e. The van der Waals surface area contributed by atoms with Crippen molar-refractivity contribution in [2.45, 2.75) is 92.9 Å². The number of benzene rings is 4. The molecule has 4 atom stereocenters. The van der Waals surface area contributed by atoms with Crippen molar-refractivity contribution in [3.63, 3.8) is 0 Å². The molecule has 0 saturated carbocycles. The maximum atomic E-state index is 12.7. The average Bonchev–Trinajstić information content (AvgIpc) is 3.19. The van der Waals surface area contributed by atoms with Crippen molar-refractivity contribution >= 4 is 35.5 Å². The number of ether oxygens (including phenoxy) is 2. The Labute approximate surface area is 339 Å². The topological polar surface area (TPSA) is 119 Å². The van der Waals surface area contributed by atoms with Gasteiger partial charge in [-0.2, -0.15) is 0 Å². The number of carboxylic acid groups (broad SMARTS) is 1. The molecule has 0 fully saturated rings. The molecule has 8 nitrogen and oxygen atoms in total. The molecule has 0 aromatic heterocycles. The second-order valence-electron chi connectivity index (χ2n) is 15.0. The van der Waals surface area contributed by atoms with Crippen LogP contribution < -0.4 is 4.84 Å². The predicted octanol–water partition coefficient (Wildman–Crippen LogP) is 10.1. The van der Waals surface area contributed by atoms with Gasteiger partial charge in [0.05, 0.1) is 11.8 Å². The highest BCUT2D eigenvalue weighted by Gasteiger charge is 2.27. The molecule has 302 valence electrons. The van der Waals surface area contributed by atoms with Crippen LogP contribution in [0.25, 0.3) is 0 Å². The third-order valence-electron chi connectivity index (χ3n) is 8.87. The Bertz CT molecular complexity index is 1690. The van der Waals surface area contributed by atoms with Crippen LogP contribution in [0.5, 0.6) is 0 Å². The second-order valence-corrected chi connectivity index (χ2v) is 15.2. The molecular weight excluding hydrogens is 726 g/mol. The Morgan fingerprint density at radius 1 is 0.554 bits per heavy atom. The number of Topliss-reactive ketones (excluding diaryl/α,β-unsaturated/α-hetero) is 1. The highest BCUT2D eigenvalue weighted by atomic mass is 35.5. The minimum Gasteiger partial charge on any atom is -0.481 e. The maximum absolute atomic E-state index is 12.7. The molecule has 0 unspecified atom stereocenters. The monoisotopic (exact) mass is 785 g/mol. The van der Waals surface area contributed by atoms with E-state index in [1.807, 2.05) is 142 Å². The van der Waals surface area contributed by atoms with E-state index in [1.54, 1.807) is 6.92 Å². The van der Waals surface area contributed by atoms with E-state index < -0.39 is 17.9 Å². The fourth-order valence-electron chi connectivity index (χ4n) is 5.92. The normalized spacial score (nSPS) is 12.8. The van der Waals surface area contributed by atoms with Gasteiger partial charge in [0.2, 0.25) is 0 Å². The first kappa shape index (κ1) is 47.4. The molecular formula is C47H60ClNO7. The molecule has 0 bridgehead atoms.